The van der Waals surface area contributed by atoms with E-state index in [0.29, 0.717) is 11.3 Å². The minimum Gasteiger partial charge on any atom is -0.321 e. The predicted molar refractivity (Wildman–Crippen MR) is 60.9 cm³/mol. The van der Waals surface area contributed by atoms with Gasteiger partial charge in [0.15, 0.2) is 0 Å². The van der Waals surface area contributed by atoms with Gasteiger partial charge in [0.05, 0.1) is 5.57 Å². The van der Waals surface area contributed by atoms with Crippen LogP contribution in [-0.4, -0.2) is 5.91 Å². The van der Waals surface area contributed by atoms with Crippen LogP contribution in [0.25, 0.3) is 5.57 Å². The number of nitriles is 2. The maximum absolute atomic E-state index is 11.6. The molecule has 1 amide bonds. The Balaban J connectivity index is 2.75. The summed E-state index contributed by atoms with van der Waals surface area (Å²) in [5.41, 5.74) is 1.17. The molecule has 1 N–H and O–H groups in total. The van der Waals surface area contributed by atoms with Gasteiger partial charge in [-0.1, -0.05) is 15.9 Å². The van der Waals surface area contributed by atoms with Crippen molar-refractivity contribution in [1.82, 2.24) is 0 Å². The maximum atomic E-state index is 11.6. The summed E-state index contributed by atoms with van der Waals surface area (Å²) < 4.78 is 0.787. The van der Waals surface area contributed by atoms with Crippen LogP contribution < -0.4 is 5.32 Å². The van der Waals surface area contributed by atoms with Crippen molar-refractivity contribution in [2.45, 2.75) is 0 Å². The number of nitrogens with one attached hydrogen (secondary N) is 1. The SMILES string of the molecule is N#CC(C#N)=C1C(=O)Nc2ccc(Br)cc21. The van der Waals surface area contributed by atoms with Gasteiger partial charge in [-0.15, -0.1) is 0 Å². The van der Waals surface area contributed by atoms with Crippen LogP contribution in [0.15, 0.2) is 28.2 Å². The third-order valence-corrected chi connectivity index (χ3v) is 2.69. The summed E-state index contributed by atoms with van der Waals surface area (Å²) in [5, 5.41) is 20.2. The first kappa shape index (κ1) is 10.4. The van der Waals surface area contributed by atoms with Crippen LogP contribution in [0.1, 0.15) is 5.56 Å². The van der Waals surface area contributed by atoms with Gasteiger partial charge >= 0.3 is 0 Å². The lowest BCUT2D eigenvalue weighted by molar-refractivity contribution is -0.110. The van der Waals surface area contributed by atoms with E-state index < -0.39 is 5.91 Å². The predicted octanol–water partition coefficient (Wildman–Crippen LogP) is 2.20. The van der Waals surface area contributed by atoms with Crippen molar-refractivity contribution >= 4 is 33.1 Å². The zero-order valence-corrected chi connectivity index (χ0v) is 9.50. The summed E-state index contributed by atoms with van der Waals surface area (Å²) in [7, 11) is 0. The third kappa shape index (κ3) is 1.48. The number of anilines is 1. The van der Waals surface area contributed by atoms with Crippen LogP contribution >= 0.6 is 15.9 Å². The van der Waals surface area contributed by atoms with Crippen molar-refractivity contribution in [2.24, 2.45) is 0 Å². The largest absolute Gasteiger partial charge is 0.321 e. The highest BCUT2D eigenvalue weighted by atomic mass is 79.9. The second-order valence-electron chi connectivity index (χ2n) is 3.12. The number of nitrogens with zero attached hydrogens (tertiary/aromatic N) is 2. The zero-order valence-electron chi connectivity index (χ0n) is 7.91. The maximum Gasteiger partial charge on any atom is 0.258 e. The van der Waals surface area contributed by atoms with Gasteiger partial charge in [-0.05, 0) is 18.2 Å². The number of amides is 1. The molecule has 0 fully saturated rings. The number of fused-ring (bicyclic) bond motifs is 1. The van der Waals surface area contributed by atoms with Crippen LogP contribution in [0.5, 0.6) is 0 Å². The molecule has 1 aliphatic rings. The lowest BCUT2D eigenvalue weighted by Crippen LogP contribution is -2.05. The summed E-state index contributed by atoms with van der Waals surface area (Å²) in [6, 6.07) is 8.66. The average molecular weight is 274 g/mol. The van der Waals surface area contributed by atoms with E-state index in [0.717, 1.165) is 4.47 Å². The Morgan fingerprint density at radius 3 is 2.62 bits per heavy atom. The van der Waals surface area contributed by atoms with Gasteiger partial charge in [0, 0.05) is 15.7 Å². The van der Waals surface area contributed by atoms with Crippen molar-refractivity contribution in [3.63, 3.8) is 0 Å². The number of rotatable bonds is 0. The van der Waals surface area contributed by atoms with Gasteiger partial charge < -0.3 is 5.32 Å². The van der Waals surface area contributed by atoms with Gasteiger partial charge in [-0.25, -0.2) is 0 Å². The van der Waals surface area contributed by atoms with Crippen LogP contribution in [0.2, 0.25) is 0 Å². The van der Waals surface area contributed by atoms with E-state index >= 15 is 0 Å². The Morgan fingerprint density at radius 1 is 1.31 bits per heavy atom. The molecule has 0 atom stereocenters. The molecule has 4 nitrogen and oxygen atoms in total. The minimum absolute atomic E-state index is 0.140. The van der Waals surface area contributed by atoms with Crippen molar-refractivity contribution in [3.8, 4) is 12.1 Å². The van der Waals surface area contributed by atoms with Crippen molar-refractivity contribution < 1.29 is 4.79 Å². The number of carbonyl (C=O) groups excluding carboxylic acids is 1. The lowest BCUT2D eigenvalue weighted by atomic mass is 10.0. The van der Waals surface area contributed by atoms with Crippen molar-refractivity contribution in [3.05, 3.63) is 33.8 Å². The van der Waals surface area contributed by atoms with Gasteiger partial charge in [0.25, 0.3) is 5.91 Å². The highest BCUT2D eigenvalue weighted by molar-refractivity contribution is 9.10. The molecule has 16 heavy (non-hydrogen) atoms. The van der Waals surface area contributed by atoms with Gasteiger partial charge in [-0.2, -0.15) is 10.5 Å². The fourth-order valence-electron chi connectivity index (χ4n) is 1.52. The van der Waals surface area contributed by atoms with E-state index in [2.05, 4.69) is 21.2 Å². The molecule has 1 aromatic carbocycles. The summed E-state index contributed by atoms with van der Waals surface area (Å²) >= 11 is 3.28. The normalized spacial score (nSPS) is 12.4. The molecule has 0 spiro atoms. The monoisotopic (exact) mass is 273 g/mol. The molecule has 0 aliphatic carbocycles. The van der Waals surface area contributed by atoms with Crippen molar-refractivity contribution in [2.75, 3.05) is 5.32 Å². The topological polar surface area (TPSA) is 76.7 Å². The number of hydrogen-bond acceptors (Lipinski definition) is 3. The van der Waals surface area contributed by atoms with E-state index in [4.69, 9.17) is 10.5 Å². The first-order chi connectivity index (χ1) is 7.67. The molecule has 76 valence electrons. The summed E-state index contributed by atoms with van der Waals surface area (Å²) in [6.07, 6.45) is 0. The molecule has 1 aromatic rings. The second kappa shape index (κ2) is 3.80. The molecule has 1 heterocycles. The molecular formula is C11H4BrN3O. The first-order valence-corrected chi connectivity index (χ1v) is 5.12. The molecule has 0 unspecified atom stereocenters. The van der Waals surface area contributed by atoms with E-state index in [-0.39, 0.29) is 11.1 Å². The molecule has 0 saturated heterocycles. The summed E-state index contributed by atoms with van der Waals surface area (Å²) in [6.45, 7) is 0. The lowest BCUT2D eigenvalue weighted by Gasteiger charge is -1.98. The van der Waals surface area contributed by atoms with E-state index in [9.17, 15) is 4.79 Å². The fourth-order valence-corrected chi connectivity index (χ4v) is 1.89. The van der Waals surface area contributed by atoms with Crippen LogP contribution in [-0.2, 0) is 4.79 Å². The summed E-state index contributed by atoms with van der Waals surface area (Å²) in [4.78, 5) is 11.6. The Labute approximate surface area is 99.9 Å². The number of carbonyl (C=O) groups is 1. The number of hydrogen-bond donors (Lipinski definition) is 1. The van der Waals surface area contributed by atoms with Crippen LogP contribution in [0, 0.1) is 22.7 Å². The van der Waals surface area contributed by atoms with Gasteiger partial charge in [0.1, 0.15) is 17.7 Å². The third-order valence-electron chi connectivity index (χ3n) is 2.20. The number of benzene rings is 1. The van der Waals surface area contributed by atoms with Crippen LogP contribution in [0.3, 0.4) is 0 Å². The first-order valence-electron chi connectivity index (χ1n) is 4.33. The molecule has 0 aromatic heterocycles. The zero-order chi connectivity index (χ0) is 11.7. The Morgan fingerprint density at radius 2 is 2.00 bits per heavy atom. The van der Waals surface area contributed by atoms with Crippen LogP contribution in [0.4, 0.5) is 5.69 Å². The minimum atomic E-state index is -0.411. The smallest absolute Gasteiger partial charge is 0.258 e. The van der Waals surface area contributed by atoms with E-state index in [1.165, 1.54) is 0 Å². The highest BCUT2D eigenvalue weighted by Gasteiger charge is 2.27. The van der Waals surface area contributed by atoms with Gasteiger partial charge in [-0.3, -0.25) is 4.79 Å². The van der Waals surface area contributed by atoms with E-state index in [1.807, 2.05) is 0 Å². The molecule has 5 heteroatoms. The Bertz CT molecular complexity index is 589. The fraction of sp³-hybridized carbons (Fsp3) is 0. The van der Waals surface area contributed by atoms with Gasteiger partial charge in [0.2, 0.25) is 0 Å². The molecular weight excluding hydrogens is 270 g/mol. The Kier molecular flexibility index (Phi) is 2.47. The molecule has 2 rings (SSSR count). The molecule has 0 saturated carbocycles. The standard InChI is InChI=1S/C11H4BrN3O/c12-7-1-2-9-8(3-7)10(11(16)15-9)6(4-13)5-14/h1-3H,(H,15,16). The average Bonchev–Trinajstić information content (AvgIpc) is 2.58. The quantitative estimate of drug-likeness (QED) is 0.582. The van der Waals surface area contributed by atoms with Crippen molar-refractivity contribution in [1.29, 1.82) is 10.5 Å². The molecule has 1 aliphatic heterocycles. The van der Waals surface area contributed by atoms with E-state index in [1.54, 1.807) is 30.3 Å². The summed E-state index contributed by atoms with van der Waals surface area (Å²) in [5.74, 6) is -0.411. The number of allylic oxidation sites excluding steroid dienone is 1. The molecule has 0 bridgehead atoms. The Hall–Kier alpha value is -2.11. The molecule has 0 radical (unpaired) electrons. The highest BCUT2D eigenvalue weighted by Crippen LogP contribution is 2.35. The second-order valence-corrected chi connectivity index (χ2v) is 4.03. The number of halogens is 1.